The third kappa shape index (κ3) is 3.85. The molecule has 1 aromatic carbocycles. The number of ether oxygens (including phenoxy) is 1. The highest BCUT2D eigenvalue weighted by atomic mass is 16.5. The summed E-state index contributed by atoms with van der Waals surface area (Å²) in [7, 11) is 1.69. The molecule has 4 heteroatoms. The Morgan fingerprint density at radius 3 is 2.67 bits per heavy atom. The van der Waals surface area contributed by atoms with Gasteiger partial charge in [0, 0.05) is 24.2 Å². The summed E-state index contributed by atoms with van der Waals surface area (Å²) in [5.74, 6) is 1.81. The number of pyridine rings is 1. The van der Waals surface area contributed by atoms with Gasteiger partial charge in [-0.15, -0.1) is 0 Å². The van der Waals surface area contributed by atoms with Crippen molar-refractivity contribution in [2.24, 2.45) is 0 Å². The summed E-state index contributed by atoms with van der Waals surface area (Å²) < 4.78 is 5.28. The van der Waals surface area contributed by atoms with E-state index >= 15 is 0 Å². The minimum absolute atomic E-state index is 0.352. The zero-order chi connectivity index (χ0) is 15.2. The molecule has 21 heavy (non-hydrogen) atoms. The fraction of sp³-hybridized carbons (Fsp3) is 0.471. The van der Waals surface area contributed by atoms with E-state index in [1.165, 1.54) is 0 Å². The summed E-state index contributed by atoms with van der Waals surface area (Å²) in [5, 5.41) is 5.80. The molecule has 1 N–H and O–H groups in total. The molecule has 2 aromatic rings. The number of anilines is 1. The number of hydrogen-bond acceptors (Lipinski definition) is 4. The van der Waals surface area contributed by atoms with Crippen LogP contribution in [-0.2, 0) is 0 Å². The summed E-state index contributed by atoms with van der Waals surface area (Å²) in [5.41, 5.74) is 0. The van der Waals surface area contributed by atoms with E-state index in [9.17, 15) is 0 Å². The number of fused-ring (bicyclic) bond motifs is 1. The molecule has 4 nitrogen and oxygen atoms in total. The van der Waals surface area contributed by atoms with E-state index in [2.05, 4.69) is 42.0 Å². The van der Waals surface area contributed by atoms with E-state index in [0.29, 0.717) is 6.04 Å². The number of benzene rings is 1. The van der Waals surface area contributed by atoms with Gasteiger partial charge in [-0.2, -0.15) is 0 Å². The largest absolute Gasteiger partial charge is 0.497 e. The quantitative estimate of drug-likeness (QED) is 0.847. The second-order valence-corrected chi connectivity index (χ2v) is 5.28. The number of methoxy groups -OCH3 is 1. The number of nitrogens with one attached hydrogen (secondary N) is 1. The van der Waals surface area contributed by atoms with Crippen LogP contribution in [-0.4, -0.2) is 42.7 Å². The summed E-state index contributed by atoms with van der Waals surface area (Å²) in [4.78, 5) is 6.90. The van der Waals surface area contributed by atoms with Gasteiger partial charge in [0.1, 0.15) is 11.6 Å². The summed E-state index contributed by atoms with van der Waals surface area (Å²) in [6.45, 7) is 9.74. The van der Waals surface area contributed by atoms with Crippen molar-refractivity contribution in [1.82, 2.24) is 9.88 Å². The standard InChI is InChI=1S/C17H25N3O/c1-5-20(6-2)12-13(3)19-17-16-8-7-15(21-4)11-14(16)9-10-18-17/h7-11,13H,5-6,12H2,1-4H3,(H,18,19). The molecule has 1 unspecified atom stereocenters. The maximum Gasteiger partial charge on any atom is 0.134 e. The molecule has 0 saturated carbocycles. The van der Waals surface area contributed by atoms with E-state index in [0.717, 1.165) is 42.0 Å². The number of likely N-dealkylation sites (N-methyl/N-ethyl adjacent to an activating group) is 1. The van der Waals surface area contributed by atoms with Gasteiger partial charge in [0.05, 0.1) is 7.11 Å². The van der Waals surface area contributed by atoms with Crippen LogP contribution in [0.25, 0.3) is 10.8 Å². The van der Waals surface area contributed by atoms with Crippen LogP contribution >= 0.6 is 0 Å². The Balaban J connectivity index is 2.18. The number of rotatable bonds is 7. The lowest BCUT2D eigenvalue weighted by molar-refractivity contribution is 0.294. The molecule has 0 saturated heterocycles. The molecule has 0 fully saturated rings. The minimum Gasteiger partial charge on any atom is -0.497 e. The minimum atomic E-state index is 0.352. The van der Waals surface area contributed by atoms with E-state index in [4.69, 9.17) is 4.74 Å². The monoisotopic (exact) mass is 287 g/mol. The SMILES string of the molecule is CCN(CC)CC(C)Nc1nccc2cc(OC)ccc12. The lowest BCUT2D eigenvalue weighted by atomic mass is 10.1. The molecule has 0 aliphatic rings. The molecular weight excluding hydrogens is 262 g/mol. The second kappa shape index (κ2) is 7.27. The number of aromatic nitrogens is 1. The Bertz CT molecular complexity index is 581. The van der Waals surface area contributed by atoms with Gasteiger partial charge >= 0.3 is 0 Å². The Kier molecular flexibility index (Phi) is 5.39. The summed E-state index contributed by atoms with van der Waals surface area (Å²) >= 11 is 0. The van der Waals surface area contributed by atoms with Crippen LogP contribution < -0.4 is 10.1 Å². The maximum absolute atomic E-state index is 5.28. The Morgan fingerprint density at radius 1 is 1.24 bits per heavy atom. The van der Waals surface area contributed by atoms with Gasteiger partial charge in [0.25, 0.3) is 0 Å². The smallest absolute Gasteiger partial charge is 0.134 e. The number of nitrogens with zero attached hydrogens (tertiary/aromatic N) is 2. The van der Waals surface area contributed by atoms with Gasteiger partial charge in [-0.3, -0.25) is 0 Å². The average molecular weight is 287 g/mol. The van der Waals surface area contributed by atoms with Crippen LogP contribution in [0.5, 0.6) is 5.75 Å². The lowest BCUT2D eigenvalue weighted by Crippen LogP contribution is -2.34. The van der Waals surface area contributed by atoms with Gasteiger partial charge in [0.15, 0.2) is 0 Å². The van der Waals surface area contributed by atoms with Crippen molar-refractivity contribution in [2.45, 2.75) is 26.8 Å². The highest BCUT2D eigenvalue weighted by Gasteiger charge is 2.10. The highest BCUT2D eigenvalue weighted by molar-refractivity contribution is 5.92. The first kappa shape index (κ1) is 15.6. The van der Waals surface area contributed by atoms with Gasteiger partial charge in [0.2, 0.25) is 0 Å². The predicted molar refractivity (Wildman–Crippen MR) is 89.2 cm³/mol. The lowest BCUT2D eigenvalue weighted by Gasteiger charge is -2.24. The Morgan fingerprint density at radius 2 is 2.00 bits per heavy atom. The van der Waals surface area contributed by atoms with Crippen molar-refractivity contribution in [3.8, 4) is 5.75 Å². The molecule has 1 aromatic heterocycles. The van der Waals surface area contributed by atoms with E-state index in [1.54, 1.807) is 7.11 Å². The van der Waals surface area contributed by atoms with Crippen LogP contribution in [0, 0.1) is 0 Å². The van der Waals surface area contributed by atoms with Crippen LogP contribution in [0.4, 0.5) is 5.82 Å². The normalized spacial score (nSPS) is 12.6. The molecule has 0 spiro atoms. The van der Waals surface area contributed by atoms with Crippen molar-refractivity contribution < 1.29 is 4.74 Å². The molecule has 0 bridgehead atoms. The molecule has 2 rings (SSSR count). The van der Waals surface area contributed by atoms with Gasteiger partial charge in [-0.05, 0) is 49.7 Å². The molecular formula is C17H25N3O. The van der Waals surface area contributed by atoms with Crippen LogP contribution in [0.15, 0.2) is 30.5 Å². The van der Waals surface area contributed by atoms with Crippen LogP contribution in [0.2, 0.25) is 0 Å². The van der Waals surface area contributed by atoms with Crippen molar-refractivity contribution in [3.05, 3.63) is 30.5 Å². The average Bonchev–Trinajstić information content (AvgIpc) is 2.52. The predicted octanol–water partition coefficient (Wildman–Crippen LogP) is 3.39. The summed E-state index contributed by atoms with van der Waals surface area (Å²) in [6, 6.07) is 8.44. The second-order valence-electron chi connectivity index (χ2n) is 5.28. The molecule has 0 amide bonds. The molecule has 1 atom stereocenters. The van der Waals surface area contributed by atoms with E-state index in [-0.39, 0.29) is 0 Å². The van der Waals surface area contributed by atoms with E-state index in [1.807, 2.05) is 24.4 Å². The first-order chi connectivity index (χ1) is 10.2. The van der Waals surface area contributed by atoms with Crippen molar-refractivity contribution in [3.63, 3.8) is 0 Å². The van der Waals surface area contributed by atoms with Gasteiger partial charge in [-0.1, -0.05) is 13.8 Å². The van der Waals surface area contributed by atoms with Gasteiger partial charge < -0.3 is 15.0 Å². The molecule has 0 radical (unpaired) electrons. The third-order valence-electron chi connectivity index (χ3n) is 3.78. The fourth-order valence-electron chi connectivity index (χ4n) is 2.55. The van der Waals surface area contributed by atoms with Gasteiger partial charge in [-0.25, -0.2) is 4.98 Å². The van der Waals surface area contributed by atoms with E-state index < -0.39 is 0 Å². The molecule has 114 valence electrons. The third-order valence-corrected chi connectivity index (χ3v) is 3.78. The molecule has 1 heterocycles. The summed E-state index contributed by atoms with van der Waals surface area (Å²) in [6.07, 6.45) is 1.84. The first-order valence-corrected chi connectivity index (χ1v) is 7.59. The topological polar surface area (TPSA) is 37.4 Å². The number of hydrogen-bond donors (Lipinski definition) is 1. The van der Waals surface area contributed by atoms with Crippen molar-refractivity contribution in [1.29, 1.82) is 0 Å². The molecule has 0 aliphatic carbocycles. The Hall–Kier alpha value is -1.81. The zero-order valence-corrected chi connectivity index (χ0v) is 13.4. The first-order valence-electron chi connectivity index (χ1n) is 7.59. The zero-order valence-electron chi connectivity index (χ0n) is 13.4. The maximum atomic E-state index is 5.28. The van der Waals surface area contributed by atoms with Crippen LogP contribution in [0.1, 0.15) is 20.8 Å². The van der Waals surface area contributed by atoms with Crippen LogP contribution in [0.3, 0.4) is 0 Å². The van der Waals surface area contributed by atoms with Crippen molar-refractivity contribution in [2.75, 3.05) is 32.1 Å². The molecule has 0 aliphatic heterocycles. The Labute approximate surface area is 127 Å². The highest BCUT2D eigenvalue weighted by Crippen LogP contribution is 2.25. The fourth-order valence-corrected chi connectivity index (χ4v) is 2.55. The van der Waals surface area contributed by atoms with Crippen molar-refractivity contribution >= 4 is 16.6 Å².